The van der Waals surface area contributed by atoms with E-state index in [2.05, 4.69) is 22.9 Å². The molecule has 0 radical (unpaired) electrons. The van der Waals surface area contributed by atoms with Gasteiger partial charge in [-0.3, -0.25) is 14.2 Å². The van der Waals surface area contributed by atoms with E-state index >= 15 is 0 Å². The van der Waals surface area contributed by atoms with Gasteiger partial charge in [0.25, 0.3) is 5.56 Å². The number of carbonyl (C=O) groups excluding carboxylic acids is 1. The summed E-state index contributed by atoms with van der Waals surface area (Å²) in [5.41, 5.74) is 0.562. The van der Waals surface area contributed by atoms with Gasteiger partial charge in [0.2, 0.25) is 11.7 Å². The standard InChI is InChI=1S/C23H23BrN2O4/c1-4-5-6-7-10-26-22(28)17(12-25)13(2)19(23(26)29)20(27)21-14(3)16-11-15(24)8-9-18(16)30-21/h8-9,11,29H,4-7,10H2,1-3H3. The van der Waals surface area contributed by atoms with Gasteiger partial charge in [-0.05, 0) is 44.0 Å². The number of furan rings is 1. The predicted octanol–water partition coefficient (Wildman–Crippen LogP) is 5.36. The lowest BCUT2D eigenvalue weighted by Gasteiger charge is -2.15. The summed E-state index contributed by atoms with van der Waals surface area (Å²) >= 11 is 3.41. The van der Waals surface area contributed by atoms with Crippen LogP contribution in [-0.2, 0) is 6.54 Å². The number of fused-ring (bicyclic) bond motifs is 1. The Morgan fingerprint density at radius 2 is 1.97 bits per heavy atom. The maximum absolute atomic E-state index is 13.4. The minimum absolute atomic E-state index is 0.0668. The monoisotopic (exact) mass is 470 g/mol. The average Bonchev–Trinajstić information content (AvgIpc) is 3.03. The first-order valence-electron chi connectivity index (χ1n) is 9.91. The first-order valence-corrected chi connectivity index (χ1v) is 10.7. The minimum Gasteiger partial charge on any atom is -0.494 e. The number of benzene rings is 1. The Morgan fingerprint density at radius 3 is 2.63 bits per heavy atom. The number of hydrogen-bond donors (Lipinski definition) is 1. The van der Waals surface area contributed by atoms with Crippen LogP contribution in [0.1, 0.15) is 65.4 Å². The molecule has 2 heterocycles. The van der Waals surface area contributed by atoms with Crippen LogP contribution in [0.25, 0.3) is 11.0 Å². The second-order valence-electron chi connectivity index (χ2n) is 7.35. The minimum atomic E-state index is -0.578. The van der Waals surface area contributed by atoms with Crippen molar-refractivity contribution in [2.24, 2.45) is 0 Å². The first kappa shape index (κ1) is 21.8. The van der Waals surface area contributed by atoms with Gasteiger partial charge in [-0.15, -0.1) is 0 Å². The quantitative estimate of drug-likeness (QED) is 0.370. The molecule has 0 aliphatic carbocycles. The average molecular weight is 471 g/mol. The second-order valence-corrected chi connectivity index (χ2v) is 8.27. The Labute approximate surface area is 182 Å². The van der Waals surface area contributed by atoms with E-state index in [0.717, 1.165) is 33.7 Å². The Balaban J connectivity index is 2.15. The van der Waals surface area contributed by atoms with Crippen molar-refractivity contribution >= 4 is 32.7 Å². The summed E-state index contributed by atoms with van der Waals surface area (Å²) in [7, 11) is 0. The molecule has 0 atom stereocenters. The lowest BCUT2D eigenvalue weighted by atomic mass is 9.98. The fraction of sp³-hybridized carbons (Fsp3) is 0.348. The van der Waals surface area contributed by atoms with Gasteiger partial charge in [0, 0.05) is 22.0 Å². The van der Waals surface area contributed by atoms with E-state index in [1.807, 2.05) is 18.2 Å². The van der Waals surface area contributed by atoms with E-state index < -0.39 is 17.2 Å². The lowest BCUT2D eigenvalue weighted by molar-refractivity contribution is 0.100. The smallest absolute Gasteiger partial charge is 0.271 e. The molecular formula is C23H23BrN2O4. The van der Waals surface area contributed by atoms with Gasteiger partial charge in [0.1, 0.15) is 17.2 Å². The molecule has 0 aliphatic heterocycles. The number of ketones is 1. The van der Waals surface area contributed by atoms with Gasteiger partial charge < -0.3 is 9.52 Å². The predicted molar refractivity (Wildman–Crippen MR) is 118 cm³/mol. The first-order chi connectivity index (χ1) is 14.3. The van der Waals surface area contributed by atoms with Crippen LogP contribution >= 0.6 is 15.9 Å². The molecule has 0 amide bonds. The largest absolute Gasteiger partial charge is 0.494 e. The van der Waals surface area contributed by atoms with Crippen molar-refractivity contribution < 1.29 is 14.3 Å². The zero-order valence-corrected chi connectivity index (χ0v) is 18.8. The number of carbonyl (C=O) groups is 1. The third-order valence-electron chi connectivity index (χ3n) is 5.37. The summed E-state index contributed by atoms with van der Waals surface area (Å²) in [6.45, 7) is 5.59. The molecule has 3 rings (SSSR count). The van der Waals surface area contributed by atoms with Gasteiger partial charge >= 0.3 is 0 Å². The summed E-state index contributed by atoms with van der Waals surface area (Å²) in [5, 5.41) is 21.1. The van der Waals surface area contributed by atoms with E-state index in [0.29, 0.717) is 17.6 Å². The van der Waals surface area contributed by atoms with Crippen molar-refractivity contribution in [2.75, 3.05) is 0 Å². The van der Waals surface area contributed by atoms with Crippen molar-refractivity contribution in [3.63, 3.8) is 0 Å². The summed E-state index contributed by atoms with van der Waals surface area (Å²) in [5.74, 6) is -0.880. The van der Waals surface area contributed by atoms with Crippen molar-refractivity contribution in [1.82, 2.24) is 4.57 Å². The Morgan fingerprint density at radius 1 is 1.23 bits per heavy atom. The van der Waals surface area contributed by atoms with Gasteiger partial charge in [-0.2, -0.15) is 5.26 Å². The molecule has 0 bridgehead atoms. The molecule has 0 fully saturated rings. The lowest BCUT2D eigenvalue weighted by Crippen LogP contribution is -2.27. The maximum atomic E-state index is 13.4. The van der Waals surface area contributed by atoms with Crippen LogP contribution in [-0.4, -0.2) is 15.5 Å². The number of hydrogen-bond acceptors (Lipinski definition) is 5. The number of unbranched alkanes of at least 4 members (excludes halogenated alkanes) is 3. The number of halogens is 1. The number of aromatic nitrogens is 1. The van der Waals surface area contributed by atoms with Crippen LogP contribution in [0.2, 0.25) is 0 Å². The molecule has 1 N–H and O–H groups in total. The fourth-order valence-electron chi connectivity index (χ4n) is 3.65. The van der Waals surface area contributed by atoms with E-state index in [1.54, 1.807) is 13.0 Å². The summed E-state index contributed by atoms with van der Waals surface area (Å²) in [6, 6.07) is 7.32. The third kappa shape index (κ3) is 3.80. The summed E-state index contributed by atoms with van der Waals surface area (Å²) < 4.78 is 7.76. The van der Waals surface area contributed by atoms with Crippen LogP contribution < -0.4 is 5.56 Å². The van der Waals surface area contributed by atoms with Crippen molar-refractivity contribution in [1.29, 1.82) is 5.26 Å². The van der Waals surface area contributed by atoms with Crippen molar-refractivity contribution in [3.05, 3.63) is 61.0 Å². The zero-order chi connectivity index (χ0) is 22.0. The van der Waals surface area contributed by atoms with Crippen LogP contribution in [0.4, 0.5) is 0 Å². The molecule has 7 heteroatoms. The highest BCUT2D eigenvalue weighted by molar-refractivity contribution is 9.10. The van der Waals surface area contributed by atoms with Crippen LogP contribution in [0.15, 0.2) is 31.9 Å². The molecule has 0 spiro atoms. The maximum Gasteiger partial charge on any atom is 0.271 e. The van der Waals surface area contributed by atoms with Crippen molar-refractivity contribution in [2.45, 2.75) is 53.0 Å². The number of pyridine rings is 1. The Bertz CT molecular complexity index is 1230. The number of nitriles is 1. The van der Waals surface area contributed by atoms with Crippen LogP contribution in [0, 0.1) is 25.2 Å². The van der Waals surface area contributed by atoms with E-state index in [-0.39, 0.29) is 29.0 Å². The molecule has 3 aromatic rings. The molecule has 30 heavy (non-hydrogen) atoms. The van der Waals surface area contributed by atoms with Crippen LogP contribution in [0.5, 0.6) is 5.88 Å². The molecule has 0 aliphatic rings. The number of rotatable bonds is 7. The van der Waals surface area contributed by atoms with Gasteiger partial charge in [-0.25, -0.2) is 0 Å². The van der Waals surface area contributed by atoms with Gasteiger partial charge in [0.05, 0.1) is 5.56 Å². The van der Waals surface area contributed by atoms with E-state index in [9.17, 15) is 20.0 Å². The molecule has 0 saturated heterocycles. The van der Waals surface area contributed by atoms with E-state index in [4.69, 9.17) is 4.42 Å². The summed E-state index contributed by atoms with van der Waals surface area (Å²) in [6.07, 6.45) is 3.59. The van der Waals surface area contributed by atoms with Crippen LogP contribution in [0.3, 0.4) is 0 Å². The number of aryl methyl sites for hydroxylation is 1. The van der Waals surface area contributed by atoms with Gasteiger partial charge in [0.15, 0.2) is 5.76 Å². The highest BCUT2D eigenvalue weighted by Gasteiger charge is 2.28. The molecule has 0 saturated carbocycles. The summed E-state index contributed by atoms with van der Waals surface area (Å²) in [4.78, 5) is 26.1. The Hall–Kier alpha value is -2.85. The third-order valence-corrected chi connectivity index (χ3v) is 5.86. The number of nitrogens with zero attached hydrogens (tertiary/aromatic N) is 2. The van der Waals surface area contributed by atoms with E-state index in [1.165, 1.54) is 6.92 Å². The fourth-order valence-corrected chi connectivity index (χ4v) is 4.01. The topological polar surface area (TPSA) is 96.2 Å². The Kier molecular flexibility index (Phi) is 6.47. The van der Waals surface area contributed by atoms with Crippen molar-refractivity contribution in [3.8, 4) is 11.9 Å². The second kappa shape index (κ2) is 8.88. The normalized spacial score (nSPS) is 11.0. The number of aromatic hydroxyl groups is 1. The van der Waals surface area contributed by atoms with Gasteiger partial charge in [-0.1, -0.05) is 42.1 Å². The molecular weight excluding hydrogens is 448 g/mol. The molecule has 156 valence electrons. The zero-order valence-electron chi connectivity index (χ0n) is 17.2. The molecule has 1 aromatic carbocycles. The SMILES string of the molecule is CCCCCCn1c(O)c(C(=O)c2oc3ccc(Br)cc3c2C)c(C)c(C#N)c1=O. The highest BCUT2D eigenvalue weighted by atomic mass is 79.9. The highest BCUT2D eigenvalue weighted by Crippen LogP contribution is 2.32. The molecule has 0 unspecified atom stereocenters. The molecule has 2 aromatic heterocycles. The molecule has 6 nitrogen and oxygen atoms in total.